The predicted molar refractivity (Wildman–Crippen MR) is 234 cm³/mol. The first-order valence-corrected chi connectivity index (χ1v) is 19.3. The second-order valence-corrected chi connectivity index (χ2v) is 15.1. The number of hydrogen-bond donors (Lipinski definition) is 0. The van der Waals surface area contributed by atoms with Crippen molar-refractivity contribution < 1.29 is 25.2 Å². The molecule has 280 valence electrons. The maximum atomic E-state index is 6.68. The zero-order valence-corrected chi connectivity index (χ0v) is 33.9. The minimum atomic E-state index is 0. The Labute approximate surface area is 349 Å². The SMILES string of the molecule is Cc1cccc(C)c1-c1cc(-c2c(C)cccc2C)c2c(c1)c1ccc(Oc3[c-]c4c(cc3)c3ccccc3n4-c3ccccn3)[c-]c1c1nc3ccccc3n12.[Pd+2]. The summed E-state index contributed by atoms with van der Waals surface area (Å²) in [5, 5.41) is 5.32. The summed E-state index contributed by atoms with van der Waals surface area (Å²) in [6.45, 7) is 8.84. The van der Waals surface area contributed by atoms with E-state index in [2.05, 4.69) is 158 Å². The second kappa shape index (κ2) is 13.8. The van der Waals surface area contributed by atoms with Crippen LogP contribution in [-0.2, 0) is 20.4 Å². The van der Waals surface area contributed by atoms with Crippen LogP contribution in [0.5, 0.6) is 11.5 Å². The third-order valence-corrected chi connectivity index (χ3v) is 11.5. The van der Waals surface area contributed by atoms with Crippen molar-refractivity contribution in [1.29, 1.82) is 0 Å². The smallest absolute Gasteiger partial charge is 0.503 e. The summed E-state index contributed by atoms with van der Waals surface area (Å²) in [4.78, 5) is 10.00. The van der Waals surface area contributed by atoms with Crippen molar-refractivity contribution in [2.24, 2.45) is 0 Å². The Bertz CT molecular complexity index is 3390. The van der Waals surface area contributed by atoms with E-state index in [1.165, 1.54) is 44.5 Å². The number of hydrogen-bond acceptors (Lipinski definition) is 3. The van der Waals surface area contributed by atoms with Gasteiger partial charge in [0.05, 0.1) is 16.7 Å². The van der Waals surface area contributed by atoms with Crippen molar-refractivity contribution in [2.45, 2.75) is 27.7 Å². The molecule has 0 amide bonds. The Morgan fingerprint density at radius 1 is 0.552 bits per heavy atom. The first kappa shape index (κ1) is 35.8. The molecule has 0 aliphatic rings. The van der Waals surface area contributed by atoms with Crippen molar-refractivity contribution in [3.8, 4) is 39.6 Å². The Morgan fingerprint density at radius 3 is 1.95 bits per heavy atom. The van der Waals surface area contributed by atoms with Gasteiger partial charge in [-0.15, -0.1) is 29.7 Å². The summed E-state index contributed by atoms with van der Waals surface area (Å²) in [7, 11) is 0. The Morgan fingerprint density at radius 2 is 1.21 bits per heavy atom. The van der Waals surface area contributed by atoms with E-state index in [0.29, 0.717) is 11.5 Å². The van der Waals surface area contributed by atoms with Crippen molar-refractivity contribution in [2.75, 3.05) is 0 Å². The topological polar surface area (TPSA) is 44.3 Å². The van der Waals surface area contributed by atoms with Gasteiger partial charge in [0.2, 0.25) is 0 Å². The van der Waals surface area contributed by atoms with Gasteiger partial charge in [0.25, 0.3) is 0 Å². The average molecular weight is 839 g/mol. The molecule has 58 heavy (non-hydrogen) atoms. The molecule has 0 N–H and O–H groups in total. The molecular weight excluding hydrogens is 803 g/mol. The average Bonchev–Trinajstić information content (AvgIpc) is 3.77. The minimum absolute atomic E-state index is 0. The molecule has 0 unspecified atom stereocenters. The van der Waals surface area contributed by atoms with Gasteiger partial charge in [-0.25, -0.2) is 4.98 Å². The molecule has 0 saturated carbocycles. The number of aromatic nitrogens is 4. The Balaban J connectivity index is 0.00000408. The number of benzene rings is 7. The van der Waals surface area contributed by atoms with Crippen LogP contribution >= 0.6 is 0 Å². The van der Waals surface area contributed by atoms with E-state index >= 15 is 0 Å². The number of aryl methyl sites for hydroxylation is 4. The van der Waals surface area contributed by atoms with E-state index in [0.717, 1.165) is 66.0 Å². The molecule has 11 rings (SSSR count). The van der Waals surface area contributed by atoms with Gasteiger partial charge in [-0.05, 0) is 114 Å². The van der Waals surface area contributed by atoms with Crippen LogP contribution in [-0.4, -0.2) is 18.9 Å². The van der Waals surface area contributed by atoms with Gasteiger partial charge in [0.1, 0.15) is 5.82 Å². The quantitative estimate of drug-likeness (QED) is 0.0985. The summed E-state index contributed by atoms with van der Waals surface area (Å²) < 4.78 is 11.2. The van der Waals surface area contributed by atoms with Gasteiger partial charge in [-0.2, -0.15) is 6.07 Å². The molecule has 11 aromatic rings. The van der Waals surface area contributed by atoms with Crippen LogP contribution in [0.4, 0.5) is 0 Å². The van der Waals surface area contributed by atoms with Crippen LogP contribution in [0.1, 0.15) is 22.3 Å². The molecule has 7 aromatic carbocycles. The molecule has 0 aliphatic carbocycles. The molecule has 4 aromatic heterocycles. The molecule has 5 nitrogen and oxygen atoms in total. The molecule has 6 heteroatoms. The molecule has 4 heterocycles. The van der Waals surface area contributed by atoms with Crippen LogP contribution < -0.4 is 4.74 Å². The molecule has 0 aliphatic heterocycles. The van der Waals surface area contributed by atoms with Crippen molar-refractivity contribution >= 4 is 60.2 Å². The predicted octanol–water partition coefficient (Wildman–Crippen LogP) is 13.2. The fraction of sp³-hybridized carbons (Fsp3) is 0.0769. The number of imidazole rings is 1. The fourth-order valence-electron chi connectivity index (χ4n) is 9.06. The minimum Gasteiger partial charge on any atom is -0.503 e. The third-order valence-electron chi connectivity index (χ3n) is 11.5. The van der Waals surface area contributed by atoms with Gasteiger partial charge >= 0.3 is 20.4 Å². The van der Waals surface area contributed by atoms with Gasteiger partial charge < -0.3 is 13.7 Å². The number of rotatable bonds is 5. The summed E-state index contributed by atoms with van der Waals surface area (Å²) in [5.74, 6) is 2.02. The zero-order valence-electron chi connectivity index (χ0n) is 32.4. The zero-order chi connectivity index (χ0) is 38.4. The van der Waals surface area contributed by atoms with Gasteiger partial charge in [0, 0.05) is 34.3 Å². The van der Waals surface area contributed by atoms with Crippen LogP contribution in [0.25, 0.3) is 88.2 Å². The molecular formula is C52H36N4OPd. The van der Waals surface area contributed by atoms with E-state index in [1.54, 1.807) is 0 Å². The fourth-order valence-corrected chi connectivity index (χ4v) is 9.06. The second-order valence-electron chi connectivity index (χ2n) is 15.1. The van der Waals surface area contributed by atoms with E-state index in [1.807, 2.05) is 36.5 Å². The Kier molecular flexibility index (Phi) is 8.53. The Hall–Kier alpha value is -6.58. The van der Waals surface area contributed by atoms with E-state index in [9.17, 15) is 0 Å². The van der Waals surface area contributed by atoms with Crippen LogP contribution in [0, 0.1) is 39.8 Å². The van der Waals surface area contributed by atoms with Crippen LogP contribution in [0.15, 0.2) is 146 Å². The number of nitrogens with zero attached hydrogens (tertiary/aromatic N) is 4. The van der Waals surface area contributed by atoms with E-state index in [-0.39, 0.29) is 20.4 Å². The first-order valence-electron chi connectivity index (χ1n) is 19.3. The standard InChI is InChI=1S/C52H36N4O.Pd/c1-31-13-11-14-32(2)49(31)35-27-41-38-24-22-36(57-37-23-25-40-39-17-5-7-19-45(39)55(47(40)30-37)48-21-9-10-26-53-48)29-42(38)52-54-44-18-6-8-20-46(44)56(52)51(41)43(28-35)50-33(3)15-12-16-34(50)4;/h5-28H,1-4H3;/q-2;+2. The maximum Gasteiger partial charge on any atom is 2.00 e. The van der Waals surface area contributed by atoms with E-state index in [4.69, 9.17) is 14.7 Å². The molecule has 0 fully saturated rings. The number of pyridine rings is 2. The van der Waals surface area contributed by atoms with Gasteiger partial charge in [-0.1, -0.05) is 101 Å². The molecule has 0 spiro atoms. The number of para-hydroxylation sites is 3. The van der Waals surface area contributed by atoms with Crippen molar-refractivity contribution in [3.05, 3.63) is 180 Å². The normalized spacial score (nSPS) is 11.7. The number of fused-ring (bicyclic) bond motifs is 11. The van der Waals surface area contributed by atoms with Gasteiger partial charge in [0.15, 0.2) is 0 Å². The molecule has 0 bridgehead atoms. The van der Waals surface area contributed by atoms with Crippen LogP contribution in [0.3, 0.4) is 0 Å². The summed E-state index contributed by atoms with van der Waals surface area (Å²) in [6.07, 6.45) is 1.82. The largest absolute Gasteiger partial charge is 2.00 e. The van der Waals surface area contributed by atoms with Gasteiger partial charge in [-0.3, -0.25) is 4.98 Å². The molecule has 0 atom stereocenters. The summed E-state index contributed by atoms with van der Waals surface area (Å²) in [5.41, 5.74) is 15.7. The van der Waals surface area contributed by atoms with E-state index < -0.39 is 0 Å². The summed E-state index contributed by atoms with van der Waals surface area (Å²) >= 11 is 0. The maximum absolute atomic E-state index is 6.68. The molecule has 0 saturated heterocycles. The van der Waals surface area contributed by atoms with Crippen molar-refractivity contribution in [3.63, 3.8) is 0 Å². The summed E-state index contributed by atoms with van der Waals surface area (Å²) in [6, 6.07) is 56.3. The third kappa shape index (κ3) is 5.48. The van der Waals surface area contributed by atoms with Crippen LogP contribution in [0.2, 0.25) is 0 Å². The first-order chi connectivity index (χ1) is 27.9. The monoisotopic (exact) mass is 838 g/mol. The molecule has 0 radical (unpaired) electrons. The van der Waals surface area contributed by atoms with Crippen molar-refractivity contribution in [1.82, 2.24) is 18.9 Å². The number of ether oxygens (including phenoxy) is 1.